The Morgan fingerprint density at radius 1 is 1.23 bits per heavy atom. The fourth-order valence-corrected chi connectivity index (χ4v) is 2.50. The SMILES string of the molecule is Nc1ccccc1C(=O)C(CNBr)c1ccc([N+](=O)[O-])cc1. The molecule has 0 fully saturated rings. The standard InChI is InChI=1S/C15H14BrN3O3/c16-18-9-13(10-5-7-11(8-6-10)19(21)22)15(20)12-3-1-2-4-14(12)17/h1-8,13,18H,9,17H2. The molecule has 0 bridgehead atoms. The summed E-state index contributed by atoms with van der Waals surface area (Å²) in [6.07, 6.45) is 0. The average Bonchev–Trinajstić information content (AvgIpc) is 2.52. The second-order valence-electron chi connectivity index (χ2n) is 4.69. The van der Waals surface area contributed by atoms with Gasteiger partial charge in [0, 0.05) is 46.1 Å². The van der Waals surface area contributed by atoms with E-state index in [0.717, 1.165) is 0 Å². The summed E-state index contributed by atoms with van der Waals surface area (Å²) in [5, 5.41) is 10.7. The van der Waals surface area contributed by atoms with E-state index in [0.29, 0.717) is 23.4 Å². The van der Waals surface area contributed by atoms with Crippen LogP contribution < -0.4 is 10.1 Å². The van der Waals surface area contributed by atoms with Gasteiger partial charge in [-0.2, -0.15) is 0 Å². The number of non-ortho nitro benzene ring substituents is 1. The summed E-state index contributed by atoms with van der Waals surface area (Å²) in [5.41, 5.74) is 7.38. The van der Waals surface area contributed by atoms with Crippen molar-refractivity contribution >= 4 is 33.3 Å². The highest BCUT2D eigenvalue weighted by molar-refractivity contribution is 9.08. The van der Waals surface area contributed by atoms with E-state index in [2.05, 4.69) is 20.5 Å². The Balaban J connectivity index is 2.35. The molecule has 114 valence electrons. The topological polar surface area (TPSA) is 98.3 Å². The Hall–Kier alpha value is -2.25. The van der Waals surface area contributed by atoms with Crippen LogP contribution in [0, 0.1) is 10.1 Å². The van der Waals surface area contributed by atoms with Crippen LogP contribution >= 0.6 is 16.1 Å². The zero-order valence-electron chi connectivity index (χ0n) is 11.5. The molecule has 0 spiro atoms. The number of para-hydroxylation sites is 1. The third kappa shape index (κ3) is 3.49. The van der Waals surface area contributed by atoms with Gasteiger partial charge in [-0.3, -0.25) is 19.3 Å². The molecule has 0 saturated carbocycles. The maximum atomic E-state index is 12.7. The second kappa shape index (κ2) is 7.15. The molecule has 6 nitrogen and oxygen atoms in total. The Labute approximate surface area is 135 Å². The minimum absolute atomic E-state index is 0.0130. The molecular formula is C15H14BrN3O3. The summed E-state index contributed by atoms with van der Waals surface area (Å²) in [7, 11) is 0. The van der Waals surface area contributed by atoms with E-state index in [1.54, 1.807) is 36.4 Å². The van der Waals surface area contributed by atoms with Gasteiger partial charge >= 0.3 is 0 Å². The fourth-order valence-electron chi connectivity index (χ4n) is 2.18. The summed E-state index contributed by atoms with van der Waals surface area (Å²) in [6, 6.07) is 12.8. The molecule has 3 N–H and O–H groups in total. The van der Waals surface area contributed by atoms with Gasteiger partial charge in [0.15, 0.2) is 5.78 Å². The number of carbonyl (C=O) groups is 1. The molecule has 1 unspecified atom stereocenters. The number of ketones is 1. The quantitative estimate of drug-likeness (QED) is 0.270. The van der Waals surface area contributed by atoms with Gasteiger partial charge in [-0.1, -0.05) is 24.3 Å². The van der Waals surface area contributed by atoms with E-state index in [4.69, 9.17) is 5.73 Å². The van der Waals surface area contributed by atoms with Crippen molar-refractivity contribution in [2.24, 2.45) is 0 Å². The second-order valence-corrected chi connectivity index (χ2v) is 5.25. The van der Waals surface area contributed by atoms with E-state index < -0.39 is 10.8 Å². The van der Waals surface area contributed by atoms with Crippen molar-refractivity contribution in [1.82, 2.24) is 4.34 Å². The number of carbonyl (C=O) groups excluding carboxylic acids is 1. The highest BCUT2D eigenvalue weighted by Gasteiger charge is 2.23. The number of nitrogens with one attached hydrogen (secondary N) is 1. The minimum Gasteiger partial charge on any atom is -0.398 e. The Morgan fingerprint density at radius 2 is 1.86 bits per heavy atom. The van der Waals surface area contributed by atoms with Crippen LogP contribution in [0.15, 0.2) is 48.5 Å². The van der Waals surface area contributed by atoms with Crippen LogP contribution in [0.5, 0.6) is 0 Å². The lowest BCUT2D eigenvalue weighted by Crippen LogP contribution is -2.22. The number of hydrogen-bond acceptors (Lipinski definition) is 5. The molecule has 2 aromatic carbocycles. The first-order chi connectivity index (χ1) is 10.5. The zero-order valence-corrected chi connectivity index (χ0v) is 13.1. The van der Waals surface area contributed by atoms with Crippen LogP contribution in [0.25, 0.3) is 0 Å². The summed E-state index contributed by atoms with van der Waals surface area (Å²) >= 11 is 3.10. The number of anilines is 1. The van der Waals surface area contributed by atoms with Gasteiger partial charge in [0.2, 0.25) is 0 Å². The third-order valence-electron chi connectivity index (χ3n) is 3.33. The summed E-state index contributed by atoms with van der Waals surface area (Å²) < 4.78 is 2.79. The maximum absolute atomic E-state index is 12.7. The number of nitro benzene ring substituents is 1. The number of hydrogen-bond donors (Lipinski definition) is 2. The van der Waals surface area contributed by atoms with Crippen LogP contribution in [0.4, 0.5) is 11.4 Å². The Kier molecular flexibility index (Phi) is 5.24. The largest absolute Gasteiger partial charge is 0.398 e. The van der Waals surface area contributed by atoms with Gasteiger partial charge in [0.1, 0.15) is 0 Å². The number of rotatable bonds is 6. The fraction of sp³-hybridized carbons (Fsp3) is 0.133. The van der Waals surface area contributed by atoms with Crippen molar-refractivity contribution in [3.63, 3.8) is 0 Å². The molecule has 2 rings (SSSR count). The van der Waals surface area contributed by atoms with Crippen molar-refractivity contribution < 1.29 is 9.72 Å². The molecule has 0 saturated heterocycles. The highest BCUT2D eigenvalue weighted by atomic mass is 79.9. The molecule has 0 heterocycles. The lowest BCUT2D eigenvalue weighted by Gasteiger charge is -2.16. The molecular weight excluding hydrogens is 350 g/mol. The molecule has 0 aliphatic rings. The van der Waals surface area contributed by atoms with Gasteiger partial charge in [-0.05, 0) is 17.7 Å². The normalized spacial score (nSPS) is 11.9. The predicted molar refractivity (Wildman–Crippen MR) is 88.0 cm³/mol. The number of Topliss-reactive ketones (excluding diaryl/α,β-unsaturated/α-hetero) is 1. The predicted octanol–water partition coefficient (Wildman–Crippen LogP) is 3.04. The molecule has 7 heteroatoms. The van der Waals surface area contributed by atoms with Crippen molar-refractivity contribution in [3.05, 3.63) is 69.8 Å². The van der Waals surface area contributed by atoms with Crippen molar-refractivity contribution in [1.29, 1.82) is 0 Å². The van der Waals surface area contributed by atoms with Crippen molar-refractivity contribution in [2.75, 3.05) is 12.3 Å². The lowest BCUT2D eigenvalue weighted by atomic mass is 9.90. The van der Waals surface area contributed by atoms with Crippen LogP contribution in [0.2, 0.25) is 0 Å². The summed E-state index contributed by atoms with van der Waals surface area (Å²) in [5.74, 6) is -0.635. The maximum Gasteiger partial charge on any atom is 0.269 e. The van der Waals surface area contributed by atoms with Crippen LogP contribution in [-0.4, -0.2) is 17.3 Å². The molecule has 0 aromatic heterocycles. The first-order valence-corrected chi connectivity index (χ1v) is 7.30. The Bertz CT molecular complexity index is 689. The van der Waals surface area contributed by atoms with Crippen molar-refractivity contribution in [2.45, 2.75) is 5.92 Å². The van der Waals surface area contributed by atoms with Crippen molar-refractivity contribution in [3.8, 4) is 0 Å². The van der Waals surface area contributed by atoms with E-state index in [1.165, 1.54) is 12.1 Å². The molecule has 1 atom stereocenters. The number of nitro groups is 1. The number of halogens is 1. The van der Waals surface area contributed by atoms with Crippen LogP contribution in [0.3, 0.4) is 0 Å². The Morgan fingerprint density at radius 3 is 2.41 bits per heavy atom. The van der Waals surface area contributed by atoms with E-state index in [9.17, 15) is 14.9 Å². The minimum atomic E-state index is -0.495. The van der Waals surface area contributed by atoms with E-state index in [1.807, 2.05) is 0 Å². The van der Waals surface area contributed by atoms with Gasteiger partial charge in [-0.25, -0.2) is 0 Å². The molecule has 0 amide bonds. The molecule has 0 radical (unpaired) electrons. The summed E-state index contributed by atoms with van der Waals surface area (Å²) in [6.45, 7) is 0.338. The smallest absolute Gasteiger partial charge is 0.269 e. The summed E-state index contributed by atoms with van der Waals surface area (Å²) in [4.78, 5) is 22.9. The van der Waals surface area contributed by atoms with Crippen LogP contribution in [-0.2, 0) is 0 Å². The van der Waals surface area contributed by atoms with Gasteiger partial charge in [0.05, 0.1) is 10.8 Å². The third-order valence-corrected chi connectivity index (χ3v) is 3.65. The molecule has 0 aliphatic carbocycles. The number of nitrogens with zero attached hydrogens (tertiary/aromatic N) is 1. The van der Waals surface area contributed by atoms with E-state index in [-0.39, 0.29) is 11.5 Å². The van der Waals surface area contributed by atoms with Gasteiger partial charge in [-0.15, -0.1) is 0 Å². The number of nitrogen functional groups attached to an aromatic ring is 1. The average molecular weight is 364 g/mol. The van der Waals surface area contributed by atoms with Gasteiger partial charge in [0.25, 0.3) is 5.69 Å². The monoisotopic (exact) mass is 363 g/mol. The highest BCUT2D eigenvalue weighted by Crippen LogP contribution is 2.25. The lowest BCUT2D eigenvalue weighted by molar-refractivity contribution is -0.384. The zero-order chi connectivity index (χ0) is 16.1. The molecule has 0 aliphatic heterocycles. The van der Waals surface area contributed by atoms with Gasteiger partial charge < -0.3 is 5.73 Å². The number of benzene rings is 2. The number of nitrogens with two attached hydrogens (primary N) is 1. The molecule has 22 heavy (non-hydrogen) atoms. The first-order valence-electron chi connectivity index (χ1n) is 6.51. The van der Waals surface area contributed by atoms with E-state index >= 15 is 0 Å². The first kappa shape index (κ1) is 16.1. The molecule has 2 aromatic rings. The van der Waals surface area contributed by atoms with Crippen LogP contribution in [0.1, 0.15) is 21.8 Å².